The summed E-state index contributed by atoms with van der Waals surface area (Å²) in [7, 11) is 0. The topological polar surface area (TPSA) is 20.2 Å². The largest absolute Gasteiger partial charge is 0.387 e. The number of aliphatic hydroxyl groups excluding tert-OH is 1. The van der Waals surface area contributed by atoms with Crippen LogP contribution in [0.4, 0.5) is 0 Å². The number of hydrogen-bond donors (Lipinski definition) is 1. The van der Waals surface area contributed by atoms with E-state index < -0.39 is 6.10 Å². The maximum Gasteiger partial charge on any atom is 0.0916 e. The van der Waals surface area contributed by atoms with Crippen LogP contribution in [-0.2, 0) is 0 Å². The van der Waals surface area contributed by atoms with Crippen molar-refractivity contribution in [2.75, 3.05) is 0 Å². The summed E-state index contributed by atoms with van der Waals surface area (Å²) < 4.78 is 0. The van der Waals surface area contributed by atoms with E-state index in [2.05, 4.69) is 13.0 Å². The summed E-state index contributed by atoms with van der Waals surface area (Å²) >= 11 is 6.04. The second kappa shape index (κ2) is 5.57. The Morgan fingerprint density at radius 1 is 1.57 bits per heavy atom. The Hall–Kier alpha value is -0.270. The molecule has 1 nitrogen and oxygen atoms in total. The molecule has 0 saturated carbocycles. The van der Waals surface area contributed by atoms with Gasteiger partial charge in [0.25, 0.3) is 0 Å². The molecule has 80 valence electrons. The van der Waals surface area contributed by atoms with E-state index in [-0.39, 0.29) is 5.38 Å². The lowest BCUT2D eigenvalue weighted by Crippen LogP contribution is -2.28. The van der Waals surface area contributed by atoms with E-state index in [0.717, 1.165) is 31.3 Å². The van der Waals surface area contributed by atoms with E-state index in [1.807, 2.05) is 13.0 Å². The Labute approximate surface area is 91.5 Å². The molecule has 1 N–H and O–H groups in total. The minimum Gasteiger partial charge on any atom is -0.387 e. The van der Waals surface area contributed by atoms with Gasteiger partial charge in [0, 0.05) is 0 Å². The van der Waals surface area contributed by atoms with Crippen molar-refractivity contribution in [1.82, 2.24) is 0 Å². The third-order valence-corrected chi connectivity index (χ3v) is 3.32. The van der Waals surface area contributed by atoms with Gasteiger partial charge in [-0.05, 0) is 45.1 Å². The molecular formula is C12H19ClO. The molecule has 0 radical (unpaired) electrons. The average Bonchev–Trinajstić information content (AvgIpc) is 2.18. The normalized spacial score (nSPS) is 28.9. The molecule has 1 aliphatic carbocycles. The van der Waals surface area contributed by atoms with Gasteiger partial charge in [-0.2, -0.15) is 0 Å². The van der Waals surface area contributed by atoms with Crippen LogP contribution in [0.5, 0.6) is 0 Å². The minimum absolute atomic E-state index is 0.0840. The molecule has 1 rings (SSSR count). The maximum absolute atomic E-state index is 9.89. The number of alkyl halides is 1. The predicted molar refractivity (Wildman–Crippen MR) is 61.6 cm³/mol. The van der Waals surface area contributed by atoms with Crippen LogP contribution >= 0.6 is 11.6 Å². The molecule has 0 fully saturated rings. The van der Waals surface area contributed by atoms with Crippen molar-refractivity contribution in [3.05, 3.63) is 23.3 Å². The summed E-state index contributed by atoms with van der Waals surface area (Å²) in [5, 5.41) is 9.81. The van der Waals surface area contributed by atoms with E-state index >= 15 is 0 Å². The van der Waals surface area contributed by atoms with Crippen LogP contribution in [0.2, 0.25) is 0 Å². The van der Waals surface area contributed by atoms with E-state index in [0.29, 0.717) is 0 Å². The highest BCUT2D eigenvalue weighted by atomic mass is 35.5. The van der Waals surface area contributed by atoms with Crippen LogP contribution in [0.3, 0.4) is 0 Å². The standard InChI is InChI=1S/C12H19ClO/c1-3-4-5-6-10-9(2)7-8-11(13)12(10)14/h3-4,11-12,14H,5-8H2,1-2H3/b4-3+. The van der Waals surface area contributed by atoms with E-state index in [1.165, 1.54) is 5.57 Å². The third kappa shape index (κ3) is 2.86. The summed E-state index contributed by atoms with van der Waals surface area (Å²) in [5.74, 6) is 0. The van der Waals surface area contributed by atoms with Crippen molar-refractivity contribution in [1.29, 1.82) is 0 Å². The van der Waals surface area contributed by atoms with Crippen molar-refractivity contribution in [2.45, 2.75) is 51.0 Å². The molecule has 0 bridgehead atoms. The number of allylic oxidation sites excluding steroid dienone is 3. The van der Waals surface area contributed by atoms with E-state index in [4.69, 9.17) is 11.6 Å². The minimum atomic E-state index is -0.421. The first kappa shape index (κ1) is 11.8. The zero-order valence-electron chi connectivity index (χ0n) is 8.96. The lowest BCUT2D eigenvalue weighted by Gasteiger charge is -2.27. The predicted octanol–water partition coefficient (Wildman–Crippen LogP) is 3.42. The zero-order chi connectivity index (χ0) is 10.6. The Balaban J connectivity index is 2.62. The average molecular weight is 215 g/mol. The Bertz CT molecular complexity index is 243. The van der Waals surface area contributed by atoms with Crippen molar-refractivity contribution < 1.29 is 5.11 Å². The fraction of sp³-hybridized carbons (Fsp3) is 0.667. The zero-order valence-corrected chi connectivity index (χ0v) is 9.72. The molecule has 2 unspecified atom stereocenters. The second-order valence-electron chi connectivity index (χ2n) is 3.91. The van der Waals surface area contributed by atoms with Gasteiger partial charge in [-0.1, -0.05) is 17.7 Å². The van der Waals surface area contributed by atoms with Crippen LogP contribution in [0, 0.1) is 0 Å². The van der Waals surface area contributed by atoms with Gasteiger partial charge in [-0.25, -0.2) is 0 Å². The van der Waals surface area contributed by atoms with Gasteiger partial charge in [0.15, 0.2) is 0 Å². The molecule has 0 heterocycles. The monoisotopic (exact) mass is 214 g/mol. The van der Waals surface area contributed by atoms with Crippen LogP contribution in [0.1, 0.15) is 39.5 Å². The summed E-state index contributed by atoms with van der Waals surface area (Å²) in [6, 6.07) is 0. The first-order valence-corrected chi connectivity index (χ1v) is 5.72. The van der Waals surface area contributed by atoms with E-state index in [9.17, 15) is 5.11 Å². The molecule has 1 aliphatic rings. The molecule has 2 heteroatoms. The summed E-state index contributed by atoms with van der Waals surface area (Å²) in [6.45, 7) is 4.12. The van der Waals surface area contributed by atoms with Gasteiger partial charge < -0.3 is 5.11 Å². The van der Waals surface area contributed by atoms with Gasteiger partial charge in [0.2, 0.25) is 0 Å². The smallest absolute Gasteiger partial charge is 0.0916 e. The van der Waals surface area contributed by atoms with Crippen LogP contribution in [-0.4, -0.2) is 16.6 Å². The summed E-state index contributed by atoms with van der Waals surface area (Å²) in [4.78, 5) is 0. The molecule has 0 aliphatic heterocycles. The first-order valence-electron chi connectivity index (χ1n) is 5.28. The Morgan fingerprint density at radius 2 is 2.29 bits per heavy atom. The lowest BCUT2D eigenvalue weighted by molar-refractivity contribution is 0.188. The van der Waals surface area contributed by atoms with Crippen molar-refractivity contribution in [3.8, 4) is 0 Å². The second-order valence-corrected chi connectivity index (χ2v) is 4.47. The van der Waals surface area contributed by atoms with Gasteiger partial charge >= 0.3 is 0 Å². The fourth-order valence-corrected chi connectivity index (χ4v) is 2.17. The highest BCUT2D eigenvalue weighted by Gasteiger charge is 2.26. The number of halogens is 1. The van der Waals surface area contributed by atoms with Crippen molar-refractivity contribution in [3.63, 3.8) is 0 Å². The lowest BCUT2D eigenvalue weighted by atomic mass is 9.87. The molecule has 0 aromatic rings. The number of hydrogen-bond acceptors (Lipinski definition) is 1. The molecule has 0 saturated heterocycles. The molecule has 14 heavy (non-hydrogen) atoms. The highest BCUT2D eigenvalue weighted by Crippen LogP contribution is 2.31. The molecular weight excluding hydrogens is 196 g/mol. The van der Waals surface area contributed by atoms with Crippen LogP contribution < -0.4 is 0 Å². The first-order chi connectivity index (χ1) is 6.66. The van der Waals surface area contributed by atoms with Crippen molar-refractivity contribution in [2.24, 2.45) is 0 Å². The van der Waals surface area contributed by atoms with Crippen LogP contribution in [0.25, 0.3) is 0 Å². The third-order valence-electron chi connectivity index (χ3n) is 2.86. The number of aliphatic hydroxyl groups is 1. The molecule has 0 amide bonds. The molecule has 2 atom stereocenters. The summed E-state index contributed by atoms with van der Waals surface area (Å²) in [6.07, 6.45) is 7.65. The van der Waals surface area contributed by atoms with Gasteiger partial charge in [-0.15, -0.1) is 11.6 Å². The quantitative estimate of drug-likeness (QED) is 0.564. The molecule has 0 spiro atoms. The van der Waals surface area contributed by atoms with Crippen LogP contribution in [0.15, 0.2) is 23.3 Å². The molecule has 0 aromatic carbocycles. The van der Waals surface area contributed by atoms with Crippen molar-refractivity contribution >= 4 is 11.6 Å². The molecule has 0 aromatic heterocycles. The van der Waals surface area contributed by atoms with Gasteiger partial charge in [-0.3, -0.25) is 0 Å². The van der Waals surface area contributed by atoms with Gasteiger partial charge in [0.1, 0.15) is 0 Å². The maximum atomic E-state index is 9.89. The highest BCUT2D eigenvalue weighted by molar-refractivity contribution is 6.21. The Kier molecular flexibility index (Phi) is 4.70. The number of rotatable bonds is 3. The fourth-order valence-electron chi connectivity index (χ4n) is 1.91. The van der Waals surface area contributed by atoms with E-state index in [1.54, 1.807) is 0 Å². The Morgan fingerprint density at radius 3 is 2.93 bits per heavy atom. The van der Waals surface area contributed by atoms with Gasteiger partial charge in [0.05, 0.1) is 11.5 Å². The summed E-state index contributed by atoms with van der Waals surface area (Å²) in [5.41, 5.74) is 2.49. The SMILES string of the molecule is C/C=C/CCC1=C(C)CCC(Cl)C1O.